The molecule has 0 fully saturated rings. The maximum absolute atomic E-state index is 12.3. The third kappa shape index (κ3) is 2.80. The highest BCUT2D eigenvalue weighted by Gasteiger charge is 2.11. The quantitative estimate of drug-likeness (QED) is 0.597. The number of H-pyrrole nitrogens is 1. The number of benzene rings is 1. The summed E-state index contributed by atoms with van der Waals surface area (Å²) in [5.41, 5.74) is 1.98. The number of rotatable bonds is 3. The van der Waals surface area contributed by atoms with Gasteiger partial charge >= 0.3 is 0 Å². The van der Waals surface area contributed by atoms with Crippen LogP contribution in [0.2, 0.25) is 0 Å². The molecule has 124 valence electrons. The summed E-state index contributed by atoms with van der Waals surface area (Å²) >= 11 is 0. The molecule has 25 heavy (non-hydrogen) atoms. The smallest absolute Gasteiger partial charge is 0.276 e. The van der Waals surface area contributed by atoms with Crippen LogP contribution in [0.15, 0.2) is 57.9 Å². The first-order valence-corrected chi connectivity index (χ1v) is 7.49. The van der Waals surface area contributed by atoms with E-state index in [1.807, 2.05) is 6.07 Å². The van der Waals surface area contributed by atoms with Gasteiger partial charge in [-0.05, 0) is 36.4 Å². The molecule has 1 amide bonds. The van der Waals surface area contributed by atoms with Crippen LogP contribution in [0.3, 0.4) is 0 Å². The number of amides is 1. The number of carbonyl (C=O) groups excluding carboxylic acids is 1. The lowest BCUT2D eigenvalue weighted by molar-refractivity contribution is 0.102. The summed E-state index contributed by atoms with van der Waals surface area (Å²) in [6.45, 7) is 0. The standard InChI is InChI=1S/C17H13N5O3/c1-22-15(23)7-6-12(21-22)17(24)18-10-4-5-11-13(9-10)20-16(19-11)14-3-2-8-25-14/h2-9H,1H3,(H,18,24)(H,19,20). The van der Waals surface area contributed by atoms with Crippen LogP contribution in [0.4, 0.5) is 5.69 Å². The molecule has 0 saturated carbocycles. The molecule has 1 aromatic carbocycles. The molecule has 8 heteroatoms. The minimum Gasteiger partial charge on any atom is -0.461 e. The lowest BCUT2D eigenvalue weighted by atomic mass is 10.2. The van der Waals surface area contributed by atoms with Crippen molar-refractivity contribution in [2.45, 2.75) is 0 Å². The second kappa shape index (κ2) is 5.75. The number of hydrogen-bond donors (Lipinski definition) is 2. The first-order valence-electron chi connectivity index (χ1n) is 7.49. The van der Waals surface area contributed by atoms with Gasteiger partial charge in [0.2, 0.25) is 0 Å². The average molecular weight is 335 g/mol. The van der Waals surface area contributed by atoms with Crippen LogP contribution in [-0.4, -0.2) is 25.7 Å². The lowest BCUT2D eigenvalue weighted by Gasteiger charge is -2.05. The van der Waals surface area contributed by atoms with E-state index in [2.05, 4.69) is 20.4 Å². The summed E-state index contributed by atoms with van der Waals surface area (Å²) < 4.78 is 6.44. The number of furan rings is 1. The fourth-order valence-corrected chi connectivity index (χ4v) is 2.44. The molecule has 4 aromatic rings. The minimum atomic E-state index is -0.402. The highest BCUT2D eigenvalue weighted by molar-refractivity contribution is 6.03. The third-order valence-corrected chi connectivity index (χ3v) is 3.69. The molecule has 4 rings (SSSR count). The number of nitrogens with zero attached hydrogens (tertiary/aromatic N) is 3. The Bertz CT molecular complexity index is 1120. The van der Waals surface area contributed by atoms with Gasteiger partial charge < -0.3 is 14.7 Å². The van der Waals surface area contributed by atoms with Crippen LogP contribution < -0.4 is 10.9 Å². The third-order valence-electron chi connectivity index (χ3n) is 3.69. The van der Waals surface area contributed by atoms with Crippen molar-refractivity contribution >= 4 is 22.6 Å². The van der Waals surface area contributed by atoms with Crippen LogP contribution in [-0.2, 0) is 7.05 Å². The zero-order chi connectivity index (χ0) is 17.4. The van der Waals surface area contributed by atoms with E-state index in [0.29, 0.717) is 17.3 Å². The molecule has 8 nitrogen and oxygen atoms in total. The maximum Gasteiger partial charge on any atom is 0.276 e. The fraction of sp³-hybridized carbons (Fsp3) is 0.0588. The molecule has 0 spiro atoms. The average Bonchev–Trinajstić information content (AvgIpc) is 3.25. The monoisotopic (exact) mass is 335 g/mol. The Kier molecular flexibility index (Phi) is 3.42. The van der Waals surface area contributed by atoms with Gasteiger partial charge in [0.25, 0.3) is 11.5 Å². The molecular formula is C17H13N5O3. The van der Waals surface area contributed by atoms with Gasteiger partial charge in [-0.15, -0.1) is 0 Å². The molecule has 0 aliphatic rings. The molecule has 3 heterocycles. The van der Waals surface area contributed by atoms with Crippen molar-refractivity contribution in [3.05, 3.63) is 64.8 Å². The van der Waals surface area contributed by atoms with Gasteiger partial charge in [0.15, 0.2) is 11.6 Å². The van der Waals surface area contributed by atoms with Crippen LogP contribution in [0.25, 0.3) is 22.6 Å². The van der Waals surface area contributed by atoms with E-state index in [1.54, 1.807) is 30.5 Å². The van der Waals surface area contributed by atoms with Crippen LogP contribution in [0, 0.1) is 0 Å². The number of aryl methyl sites for hydroxylation is 1. The SMILES string of the molecule is Cn1nc(C(=O)Nc2ccc3nc(-c4ccco4)[nH]c3c2)ccc1=O. The Morgan fingerprint density at radius 1 is 1.24 bits per heavy atom. The van der Waals surface area contributed by atoms with Gasteiger partial charge in [-0.2, -0.15) is 5.10 Å². The Labute approximate surface area is 141 Å². The topological polar surface area (TPSA) is 106 Å². The molecule has 0 radical (unpaired) electrons. The highest BCUT2D eigenvalue weighted by Crippen LogP contribution is 2.23. The highest BCUT2D eigenvalue weighted by atomic mass is 16.3. The summed E-state index contributed by atoms with van der Waals surface area (Å²) in [5.74, 6) is 0.847. The number of anilines is 1. The van der Waals surface area contributed by atoms with Crippen molar-refractivity contribution in [2.24, 2.45) is 7.05 Å². The first kappa shape index (κ1) is 14.9. The van der Waals surface area contributed by atoms with Crippen molar-refractivity contribution < 1.29 is 9.21 Å². The van der Waals surface area contributed by atoms with Gasteiger partial charge in [0, 0.05) is 18.8 Å². The Hall–Kier alpha value is -3.68. The summed E-state index contributed by atoms with van der Waals surface area (Å²) in [6.07, 6.45) is 1.58. The number of carbonyl (C=O) groups is 1. The number of imidazole rings is 1. The van der Waals surface area contributed by atoms with Gasteiger partial charge in [0.1, 0.15) is 5.69 Å². The minimum absolute atomic E-state index is 0.156. The van der Waals surface area contributed by atoms with E-state index in [4.69, 9.17) is 4.42 Å². The van der Waals surface area contributed by atoms with E-state index < -0.39 is 5.91 Å². The second-order valence-corrected chi connectivity index (χ2v) is 5.43. The van der Waals surface area contributed by atoms with Crippen molar-refractivity contribution in [1.29, 1.82) is 0 Å². The van der Waals surface area contributed by atoms with Crippen molar-refractivity contribution in [3.8, 4) is 11.6 Å². The summed E-state index contributed by atoms with van der Waals surface area (Å²) in [5, 5.41) is 6.68. The van der Waals surface area contributed by atoms with E-state index in [1.165, 1.54) is 19.2 Å². The van der Waals surface area contributed by atoms with Crippen LogP contribution >= 0.6 is 0 Å². The van der Waals surface area contributed by atoms with Crippen LogP contribution in [0.1, 0.15) is 10.5 Å². The van der Waals surface area contributed by atoms with Crippen LogP contribution in [0.5, 0.6) is 0 Å². The molecule has 0 bridgehead atoms. The number of aromatic amines is 1. The number of aromatic nitrogens is 4. The van der Waals surface area contributed by atoms with E-state index in [-0.39, 0.29) is 11.3 Å². The summed E-state index contributed by atoms with van der Waals surface area (Å²) in [6, 6.07) is 11.6. The van der Waals surface area contributed by atoms with Crippen molar-refractivity contribution in [2.75, 3.05) is 5.32 Å². The number of fused-ring (bicyclic) bond motifs is 1. The molecule has 0 aliphatic heterocycles. The van der Waals surface area contributed by atoms with Gasteiger partial charge in [0.05, 0.1) is 17.3 Å². The normalized spacial score (nSPS) is 10.9. The zero-order valence-electron chi connectivity index (χ0n) is 13.2. The molecule has 0 saturated heterocycles. The summed E-state index contributed by atoms with van der Waals surface area (Å²) in [4.78, 5) is 31.2. The molecular weight excluding hydrogens is 322 g/mol. The molecule has 0 atom stereocenters. The number of nitrogens with one attached hydrogen (secondary N) is 2. The van der Waals surface area contributed by atoms with Crippen molar-refractivity contribution in [3.63, 3.8) is 0 Å². The molecule has 0 unspecified atom stereocenters. The Morgan fingerprint density at radius 2 is 2.12 bits per heavy atom. The molecule has 0 aliphatic carbocycles. The van der Waals surface area contributed by atoms with Gasteiger partial charge in [-0.3, -0.25) is 9.59 Å². The predicted octanol–water partition coefficient (Wildman–Crippen LogP) is 2.17. The van der Waals surface area contributed by atoms with E-state index >= 15 is 0 Å². The Morgan fingerprint density at radius 3 is 2.88 bits per heavy atom. The zero-order valence-corrected chi connectivity index (χ0v) is 13.2. The first-order chi connectivity index (χ1) is 12.1. The number of hydrogen-bond acceptors (Lipinski definition) is 5. The fourth-order valence-electron chi connectivity index (χ4n) is 2.44. The second-order valence-electron chi connectivity index (χ2n) is 5.43. The Balaban J connectivity index is 1.62. The molecule has 3 aromatic heterocycles. The van der Waals surface area contributed by atoms with E-state index in [0.717, 1.165) is 15.7 Å². The maximum atomic E-state index is 12.3. The summed E-state index contributed by atoms with van der Waals surface area (Å²) in [7, 11) is 1.49. The largest absolute Gasteiger partial charge is 0.461 e. The predicted molar refractivity (Wildman–Crippen MR) is 91.2 cm³/mol. The van der Waals surface area contributed by atoms with Gasteiger partial charge in [-0.1, -0.05) is 0 Å². The molecule has 2 N–H and O–H groups in total. The van der Waals surface area contributed by atoms with Gasteiger partial charge in [-0.25, -0.2) is 9.67 Å². The van der Waals surface area contributed by atoms with E-state index in [9.17, 15) is 9.59 Å². The van der Waals surface area contributed by atoms with Crippen molar-refractivity contribution in [1.82, 2.24) is 19.7 Å². The lowest BCUT2D eigenvalue weighted by Crippen LogP contribution is -2.23.